The minimum atomic E-state index is -0.909. The third-order valence-electron chi connectivity index (χ3n) is 2.98. The van der Waals surface area contributed by atoms with Crippen molar-refractivity contribution in [2.24, 2.45) is 5.92 Å². The van der Waals surface area contributed by atoms with Gasteiger partial charge in [-0.2, -0.15) is 0 Å². The number of rotatable bonds is 4. The van der Waals surface area contributed by atoms with Crippen molar-refractivity contribution >= 4 is 22.4 Å². The van der Waals surface area contributed by atoms with Crippen molar-refractivity contribution in [2.45, 2.75) is 12.8 Å². The fourth-order valence-corrected chi connectivity index (χ4v) is 2.79. The van der Waals surface area contributed by atoms with Crippen LogP contribution in [-0.2, 0) is 0 Å². The number of aromatic nitrogens is 1. The Morgan fingerprint density at radius 2 is 2.59 bits per heavy atom. The summed E-state index contributed by atoms with van der Waals surface area (Å²) < 4.78 is 0. The Bertz CT molecular complexity index is 394. The van der Waals surface area contributed by atoms with E-state index in [2.05, 4.69) is 22.2 Å². The van der Waals surface area contributed by atoms with Gasteiger partial charge in [-0.25, -0.2) is 9.78 Å². The first-order valence-electron chi connectivity index (χ1n) is 5.76. The zero-order valence-corrected chi connectivity index (χ0v) is 10.7. The summed E-state index contributed by atoms with van der Waals surface area (Å²) >= 11 is 1.19. The highest BCUT2D eigenvalue weighted by molar-refractivity contribution is 7.17. The number of nitrogens with zero attached hydrogens (tertiary/aromatic N) is 2. The molecule has 1 aromatic rings. The molecule has 5 nitrogen and oxygen atoms in total. The van der Waals surface area contributed by atoms with Crippen LogP contribution < -0.4 is 5.32 Å². The van der Waals surface area contributed by atoms with E-state index in [1.54, 1.807) is 0 Å². The molecule has 0 radical (unpaired) electrons. The topological polar surface area (TPSA) is 65.5 Å². The molecule has 1 aromatic heterocycles. The fraction of sp³-hybridized carbons (Fsp3) is 0.636. The number of piperidine rings is 1. The normalized spacial score (nSPS) is 21.4. The lowest BCUT2D eigenvalue weighted by Gasteiger charge is -2.29. The van der Waals surface area contributed by atoms with Crippen molar-refractivity contribution < 1.29 is 9.90 Å². The summed E-state index contributed by atoms with van der Waals surface area (Å²) in [5.41, 5.74) is 0. The van der Waals surface area contributed by atoms with E-state index in [1.165, 1.54) is 36.9 Å². The summed E-state index contributed by atoms with van der Waals surface area (Å²) in [6, 6.07) is 0. The fourth-order valence-electron chi connectivity index (χ4n) is 2.13. The molecule has 2 N–H and O–H groups in total. The number of aromatic carboxylic acids is 1. The summed E-state index contributed by atoms with van der Waals surface area (Å²) in [4.78, 5) is 17.4. The van der Waals surface area contributed by atoms with Crippen LogP contribution in [0.2, 0.25) is 0 Å². The maximum absolute atomic E-state index is 10.7. The van der Waals surface area contributed by atoms with Crippen LogP contribution in [0.25, 0.3) is 0 Å². The van der Waals surface area contributed by atoms with Crippen molar-refractivity contribution in [1.82, 2.24) is 9.88 Å². The zero-order valence-electron chi connectivity index (χ0n) is 9.85. The molecule has 1 aliphatic heterocycles. The van der Waals surface area contributed by atoms with E-state index in [9.17, 15) is 4.79 Å². The van der Waals surface area contributed by atoms with Gasteiger partial charge in [0.05, 0.1) is 6.20 Å². The predicted molar refractivity (Wildman–Crippen MR) is 67.8 cm³/mol. The van der Waals surface area contributed by atoms with E-state index in [0.29, 0.717) is 11.0 Å². The summed E-state index contributed by atoms with van der Waals surface area (Å²) in [5, 5.41) is 12.7. The maximum atomic E-state index is 10.7. The molecule has 1 unspecified atom stereocenters. The highest BCUT2D eigenvalue weighted by Crippen LogP contribution is 2.20. The third-order valence-corrected chi connectivity index (χ3v) is 3.92. The summed E-state index contributed by atoms with van der Waals surface area (Å²) in [7, 11) is 2.14. The van der Waals surface area contributed by atoms with Gasteiger partial charge in [0.2, 0.25) is 0 Å². The van der Waals surface area contributed by atoms with E-state index < -0.39 is 5.97 Å². The number of hydrogen-bond donors (Lipinski definition) is 2. The third kappa shape index (κ3) is 3.41. The molecule has 2 rings (SSSR count). The average Bonchev–Trinajstić information content (AvgIpc) is 2.75. The maximum Gasteiger partial charge on any atom is 0.347 e. The van der Waals surface area contributed by atoms with Crippen LogP contribution in [-0.4, -0.2) is 47.6 Å². The minimum absolute atomic E-state index is 0.285. The van der Waals surface area contributed by atoms with E-state index >= 15 is 0 Å². The predicted octanol–water partition coefficient (Wildman–Crippen LogP) is 1.59. The van der Waals surface area contributed by atoms with E-state index in [-0.39, 0.29) is 4.88 Å². The molecule has 1 saturated heterocycles. The lowest BCUT2D eigenvalue weighted by atomic mass is 9.99. The van der Waals surface area contributed by atoms with Gasteiger partial charge in [-0.05, 0) is 32.4 Å². The van der Waals surface area contributed by atoms with Crippen LogP contribution in [0.4, 0.5) is 5.13 Å². The van der Waals surface area contributed by atoms with E-state index in [0.717, 1.165) is 13.1 Å². The van der Waals surface area contributed by atoms with Gasteiger partial charge < -0.3 is 15.3 Å². The van der Waals surface area contributed by atoms with Gasteiger partial charge in [-0.15, -0.1) is 0 Å². The quantitative estimate of drug-likeness (QED) is 0.855. The molecule has 2 heterocycles. The molecule has 17 heavy (non-hydrogen) atoms. The Morgan fingerprint density at radius 1 is 1.76 bits per heavy atom. The lowest BCUT2D eigenvalue weighted by molar-refractivity contribution is 0.0702. The van der Waals surface area contributed by atoms with Crippen molar-refractivity contribution in [3.05, 3.63) is 11.1 Å². The molecule has 0 saturated carbocycles. The number of thiazole rings is 1. The van der Waals surface area contributed by atoms with Gasteiger partial charge in [0, 0.05) is 13.1 Å². The van der Waals surface area contributed by atoms with Crippen LogP contribution in [0.15, 0.2) is 6.20 Å². The molecule has 1 fully saturated rings. The molecule has 0 aliphatic carbocycles. The second kappa shape index (κ2) is 5.46. The average molecular weight is 255 g/mol. The van der Waals surface area contributed by atoms with Crippen LogP contribution in [0.1, 0.15) is 22.5 Å². The summed E-state index contributed by atoms with van der Waals surface area (Å²) in [5.74, 6) is -0.279. The first kappa shape index (κ1) is 12.3. The van der Waals surface area contributed by atoms with E-state index in [4.69, 9.17) is 5.11 Å². The van der Waals surface area contributed by atoms with Gasteiger partial charge in [0.25, 0.3) is 0 Å². The second-order valence-electron chi connectivity index (χ2n) is 4.49. The van der Waals surface area contributed by atoms with Crippen LogP contribution in [0, 0.1) is 5.92 Å². The lowest BCUT2D eigenvalue weighted by Crippen LogP contribution is -2.35. The van der Waals surface area contributed by atoms with Gasteiger partial charge in [0.15, 0.2) is 5.13 Å². The Morgan fingerprint density at radius 3 is 3.24 bits per heavy atom. The molecule has 1 aliphatic rings. The van der Waals surface area contributed by atoms with Crippen molar-refractivity contribution in [3.8, 4) is 0 Å². The van der Waals surface area contributed by atoms with Crippen molar-refractivity contribution in [1.29, 1.82) is 0 Å². The Labute approximate surface area is 104 Å². The molecule has 6 heteroatoms. The summed E-state index contributed by atoms with van der Waals surface area (Å²) in [6.07, 6.45) is 3.87. The molecule has 0 bridgehead atoms. The molecular formula is C11H17N3O2S. The van der Waals surface area contributed by atoms with Crippen molar-refractivity contribution in [2.75, 3.05) is 32.0 Å². The van der Waals surface area contributed by atoms with Crippen LogP contribution in [0.5, 0.6) is 0 Å². The number of carboxylic acid groups (broad SMARTS) is 1. The Kier molecular flexibility index (Phi) is 3.96. The minimum Gasteiger partial charge on any atom is -0.477 e. The van der Waals surface area contributed by atoms with Gasteiger partial charge >= 0.3 is 5.97 Å². The molecule has 1 atom stereocenters. The van der Waals surface area contributed by atoms with E-state index in [1.807, 2.05) is 0 Å². The second-order valence-corrected chi connectivity index (χ2v) is 5.52. The smallest absolute Gasteiger partial charge is 0.347 e. The standard InChI is InChI=1S/C11H17N3O2S/c1-14-4-2-3-8(7-14)5-12-11-13-6-9(17-11)10(15)16/h6,8H,2-5,7H2,1H3,(H,12,13)(H,15,16). The van der Waals surface area contributed by atoms with Gasteiger partial charge in [0.1, 0.15) is 4.88 Å². The highest BCUT2D eigenvalue weighted by Gasteiger charge is 2.17. The first-order valence-corrected chi connectivity index (χ1v) is 6.58. The number of nitrogens with one attached hydrogen (secondary N) is 1. The Balaban J connectivity index is 1.82. The molecule has 0 aromatic carbocycles. The van der Waals surface area contributed by atoms with Crippen LogP contribution >= 0.6 is 11.3 Å². The van der Waals surface area contributed by atoms with Crippen LogP contribution in [0.3, 0.4) is 0 Å². The zero-order chi connectivity index (χ0) is 12.3. The number of likely N-dealkylation sites (tertiary alicyclic amines) is 1. The number of anilines is 1. The van der Waals surface area contributed by atoms with Gasteiger partial charge in [-0.1, -0.05) is 11.3 Å². The number of hydrogen-bond acceptors (Lipinski definition) is 5. The number of carboxylic acids is 1. The van der Waals surface area contributed by atoms with Gasteiger partial charge in [-0.3, -0.25) is 0 Å². The monoisotopic (exact) mass is 255 g/mol. The number of carbonyl (C=O) groups is 1. The molecule has 0 amide bonds. The molecule has 94 valence electrons. The molecule has 0 spiro atoms. The molecular weight excluding hydrogens is 238 g/mol. The highest BCUT2D eigenvalue weighted by atomic mass is 32.1. The summed E-state index contributed by atoms with van der Waals surface area (Å²) in [6.45, 7) is 3.15. The SMILES string of the molecule is CN1CCCC(CNc2ncc(C(=O)O)s2)C1. The largest absolute Gasteiger partial charge is 0.477 e. The first-order chi connectivity index (χ1) is 8.15. The van der Waals surface area contributed by atoms with Crippen molar-refractivity contribution in [3.63, 3.8) is 0 Å². The Hall–Kier alpha value is -1.14.